The Morgan fingerprint density at radius 2 is 1.07 bits per heavy atom. The highest BCUT2D eigenvalue weighted by Crippen LogP contribution is 2.44. The van der Waals surface area contributed by atoms with Crippen molar-refractivity contribution in [3.05, 3.63) is 57.8 Å². The first-order valence-electron chi connectivity index (χ1n) is 17.1. The van der Waals surface area contributed by atoms with Crippen molar-refractivity contribution < 1.29 is 9.53 Å². The van der Waals surface area contributed by atoms with Gasteiger partial charge in [0, 0.05) is 51.0 Å². The lowest BCUT2D eigenvalue weighted by Gasteiger charge is -2.18. The molecule has 4 aromatic heterocycles. The number of aryl methyl sites for hydroxylation is 2. The maximum Gasteiger partial charge on any atom is 0.306 e. The lowest BCUT2D eigenvalue weighted by Crippen LogP contribution is -2.12. The van der Waals surface area contributed by atoms with Gasteiger partial charge in [-0.1, -0.05) is 90.9 Å². The molecule has 4 heterocycles. The fourth-order valence-corrected chi connectivity index (χ4v) is 9.93. The number of esters is 1. The Hall–Kier alpha value is -1.73. The molecule has 0 aliphatic carbocycles. The quantitative estimate of drug-likeness (QED) is 0.0652. The van der Waals surface area contributed by atoms with Crippen LogP contribution in [0.4, 0.5) is 0 Å². The van der Waals surface area contributed by atoms with E-state index >= 15 is 0 Å². The van der Waals surface area contributed by atoms with Crippen LogP contribution in [0.3, 0.4) is 0 Å². The molecule has 4 aromatic rings. The molecule has 0 saturated carbocycles. The molecule has 0 spiro atoms. The molecule has 4 rings (SSSR count). The van der Waals surface area contributed by atoms with Crippen molar-refractivity contribution in [2.75, 3.05) is 0 Å². The van der Waals surface area contributed by atoms with Gasteiger partial charge in [0.25, 0.3) is 0 Å². The van der Waals surface area contributed by atoms with Crippen LogP contribution >= 0.6 is 45.3 Å². The van der Waals surface area contributed by atoms with Crippen molar-refractivity contribution in [1.29, 1.82) is 0 Å². The summed E-state index contributed by atoms with van der Waals surface area (Å²) in [7, 11) is 0. The van der Waals surface area contributed by atoms with Gasteiger partial charge in [0.2, 0.25) is 0 Å². The largest absolute Gasteiger partial charge is 0.457 e. The van der Waals surface area contributed by atoms with E-state index in [9.17, 15) is 4.79 Å². The summed E-state index contributed by atoms with van der Waals surface area (Å²) in [6.07, 6.45) is 18.8. The van der Waals surface area contributed by atoms with Crippen LogP contribution in [0.5, 0.6) is 0 Å². The number of carbonyl (C=O) groups excluding carboxylic acids is 1. The molecule has 0 bridgehead atoms. The summed E-state index contributed by atoms with van der Waals surface area (Å²) in [4.78, 5) is 23.5. The molecule has 0 N–H and O–H groups in total. The molecule has 1 unspecified atom stereocenters. The third-order valence-electron chi connectivity index (χ3n) is 8.31. The van der Waals surface area contributed by atoms with Gasteiger partial charge in [-0.2, -0.15) is 0 Å². The fraction of sp³-hybridized carbons (Fsp3) is 0.553. The monoisotopic (exact) mass is 668 g/mol. The molecule has 0 aliphatic heterocycles. The minimum absolute atomic E-state index is 0.0231. The van der Waals surface area contributed by atoms with Crippen LogP contribution in [-0.4, -0.2) is 5.97 Å². The number of ether oxygens (including phenoxy) is 1. The van der Waals surface area contributed by atoms with E-state index in [2.05, 4.69) is 70.2 Å². The van der Waals surface area contributed by atoms with Gasteiger partial charge in [-0.3, -0.25) is 4.79 Å². The Morgan fingerprint density at radius 3 is 1.61 bits per heavy atom. The second-order valence-electron chi connectivity index (χ2n) is 12.1. The van der Waals surface area contributed by atoms with E-state index in [1.807, 2.05) is 45.3 Å². The standard InChI is InChI=1S/C38H52O2S4/c1-5-7-9-11-12-13-14-15-16-18-20-38(39)40-31(19-17-10-8-6-2)30-27-37(42-29(30)4)36-26-25-35(44-36)34-24-23-33(43-34)32-22-21-28(3)41-32/h21-27,31H,5-20H2,1-4H3. The summed E-state index contributed by atoms with van der Waals surface area (Å²) >= 11 is 7.44. The van der Waals surface area contributed by atoms with E-state index in [4.69, 9.17) is 4.74 Å². The first-order chi connectivity index (χ1) is 21.5. The van der Waals surface area contributed by atoms with E-state index < -0.39 is 0 Å². The number of hydrogen-bond donors (Lipinski definition) is 0. The Kier molecular flexibility index (Phi) is 15.2. The average Bonchev–Trinajstić information content (AvgIpc) is 3.82. The van der Waals surface area contributed by atoms with Gasteiger partial charge in [0.15, 0.2) is 0 Å². The maximum absolute atomic E-state index is 13.0. The van der Waals surface area contributed by atoms with Gasteiger partial charge in [-0.25, -0.2) is 0 Å². The predicted molar refractivity (Wildman–Crippen MR) is 198 cm³/mol. The average molecular weight is 669 g/mol. The molecule has 0 fully saturated rings. The first kappa shape index (κ1) is 35.1. The van der Waals surface area contributed by atoms with Gasteiger partial charge in [0.1, 0.15) is 6.10 Å². The summed E-state index contributed by atoms with van der Waals surface area (Å²) in [5, 5.41) is 0. The molecule has 240 valence electrons. The maximum atomic E-state index is 13.0. The van der Waals surface area contributed by atoms with Gasteiger partial charge < -0.3 is 4.74 Å². The Bertz CT molecular complexity index is 1390. The van der Waals surface area contributed by atoms with Gasteiger partial charge in [0.05, 0.1) is 0 Å². The summed E-state index contributed by atoms with van der Waals surface area (Å²) in [5.41, 5.74) is 1.21. The molecule has 0 radical (unpaired) electrons. The van der Waals surface area contributed by atoms with Crippen LogP contribution < -0.4 is 0 Å². The van der Waals surface area contributed by atoms with Crippen molar-refractivity contribution in [3.8, 4) is 29.3 Å². The Morgan fingerprint density at radius 1 is 0.591 bits per heavy atom. The minimum atomic E-state index is -0.138. The van der Waals surface area contributed by atoms with E-state index in [0.29, 0.717) is 6.42 Å². The summed E-state index contributed by atoms with van der Waals surface area (Å²) in [5.74, 6) is -0.0231. The molecular formula is C38H52O2S4. The van der Waals surface area contributed by atoms with Crippen molar-refractivity contribution >= 4 is 51.3 Å². The topological polar surface area (TPSA) is 26.3 Å². The normalized spacial score (nSPS) is 12.2. The number of hydrogen-bond acceptors (Lipinski definition) is 6. The minimum Gasteiger partial charge on any atom is -0.457 e. The highest BCUT2D eigenvalue weighted by atomic mass is 32.1. The smallest absolute Gasteiger partial charge is 0.306 e. The number of rotatable bonds is 21. The lowest BCUT2D eigenvalue weighted by molar-refractivity contribution is -0.150. The van der Waals surface area contributed by atoms with E-state index in [1.54, 1.807) is 0 Å². The van der Waals surface area contributed by atoms with Crippen LogP contribution in [0.15, 0.2) is 42.5 Å². The van der Waals surface area contributed by atoms with Crippen molar-refractivity contribution in [2.45, 2.75) is 137 Å². The highest BCUT2D eigenvalue weighted by Gasteiger charge is 2.22. The lowest BCUT2D eigenvalue weighted by atomic mass is 10.0. The zero-order valence-corrected chi connectivity index (χ0v) is 30.6. The highest BCUT2D eigenvalue weighted by molar-refractivity contribution is 7.28. The van der Waals surface area contributed by atoms with Crippen molar-refractivity contribution in [3.63, 3.8) is 0 Å². The van der Waals surface area contributed by atoms with E-state index in [-0.39, 0.29) is 12.1 Å². The van der Waals surface area contributed by atoms with Crippen molar-refractivity contribution in [1.82, 2.24) is 0 Å². The molecular weight excluding hydrogens is 617 g/mol. The van der Waals surface area contributed by atoms with Gasteiger partial charge in [-0.15, -0.1) is 45.3 Å². The molecule has 0 aliphatic rings. The fourth-order valence-electron chi connectivity index (χ4n) is 5.72. The van der Waals surface area contributed by atoms with E-state index in [1.165, 1.54) is 115 Å². The molecule has 0 amide bonds. The molecule has 44 heavy (non-hydrogen) atoms. The van der Waals surface area contributed by atoms with Gasteiger partial charge >= 0.3 is 5.97 Å². The number of carbonyl (C=O) groups is 1. The third kappa shape index (κ3) is 11.0. The molecule has 0 aromatic carbocycles. The number of thiophene rings is 4. The SMILES string of the molecule is CCCCCCCCCCCCC(=O)OC(CCCCCC)c1cc(-c2ccc(-c3ccc(-c4ccc(C)s4)s3)s2)sc1C. The van der Waals surface area contributed by atoms with Crippen LogP contribution in [-0.2, 0) is 9.53 Å². The Labute approximate surface area is 282 Å². The molecule has 1 atom stereocenters. The summed E-state index contributed by atoms with van der Waals surface area (Å²) in [6.45, 7) is 8.88. The number of unbranched alkanes of at least 4 members (excludes halogenated alkanes) is 12. The van der Waals surface area contributed by atoms with Crippen LogP contribution in [0.1, 0.15) is 138 Å². The van der Waals surface area contributed by atoms with Gasteiger partial charge in [-0.05, 0) is 75.6 Å². The zero-order chi connectivity index (χ0) is 31.1. The molecule has 2 nitrogen and oxygen atoms in total. The summed E-state index contributed by atoms with van der Waals surface area (Å²) < 4.78 is 6.22. The van der Waals surface area contributed by atoms with Crippen LogP contribution in [0.25, 0.3) is 29.3 Å². The second-order valence-corrected chi connectivity index (χ2v) is 16.8. The third-order valence-corrected chi connectivity index (χ3v) is 13.1. The predicted octanol–water partition coefficient (Wildman–Crippen LogP) is 14.4. The zero-order valence-electron chi connectivity index (χ0n) is 27.4. The first-order valence-corrected chi connectivity index (χ1v) is 20.3. The van der Waals surface area contributed by atoms with Crippen LogP contribution in [0.2, 0.25) is 0 Å². The second kappa shape index (κ2) is 19.1. The van der Waals surface area contributed by atoms with Crippen LogP contribution in [0, 0.1) is 13.8 Å². The summed E-state index contributed by atoms with van der Waals surface area (Å²) in [6, 6.07) is 15.8. The van der Waals surface area contributed by atoms with Crippen molar-refractivity contribution in [2.24, 2.45) is 0 Å². The molecule has 0 saturated heterocycles. The van der Waals surface area contributed by atoms with E-state index in [0.717, 1.165) is 25.7 Å². The molecule has 6 heteroatoms. The Balaban J connectivity index is 1.33.